The highest BCUT2D eigenvalue weighted by Crippen LogP contribution is 2.23. The molecule has 2 heterocycles. The van der Waals surface area contributed by atoms with Crippen LogP contribution in [0.2, 0.25) is 0 Å². The van der Waals surface area contributed by atoms with Gasteiger partial charge in [0.2, 0.25) is 0 Å². The van der Waals surface area contributed by atoms with E-state index in [1.807, 2.05) is 56.6 Å². The van der Waals surface area contributed by atoms with Gasteiger partial charge in [-0.3, -0.25) is 14.9 Å². The number of pyridine rings is 1. The maximum atomic E-state index is 12.8. The predicted molar refractivity (Wildman–Crippen MR) is 88.8 cm³/mol. The van der Waals surface area contributed by atoms with Crippen LogP contribution in [0.1, 0.15) is 28.9 Å². The van der Waals surface area contributed by atoms with Crippen LogP contribution in [0, 0.1) is 0 Å². The van der Waals surface area contributed by atoms with Crippen molar-refractivity contribution in [3.63, 3.8) is 0 Å². The number of hydrogen-bond donors (Lipinski definition) is 1. The molecule has 0 aliphatic heterocycles. The minimum atomic E-state index is -0.0249. The summed E-state index contributed by atoms with van der Waals surface area (Å²) in [6.45, 7) is 2.01. The Morgan fingerprint density at radius 2 is 1.96 bits per heavy atom. The zero-order valence-electron chi connectivity index (χ0n) is 13.1. The van der Waals surface area contributed by atoms with E-state index in [1.54, 1.807) is 23.5 Å². The Morgan fingerprint density at radius 1 is 1.17 bits per heavy atom. The molecule has 23 heavy (non-hydrogen) atoms. The molecule has 1 N–H and O–H groups in total. The predicted octanol–water partition coefficient (Wildman–Crippen LogP) is 3.30. The van der Waals surface area contributed by atoms with E-state index in [1.165, 1.54) is 0 Å². The number of carbonyl (C=O) groups excluding carboxylic acids is 1. The Kier molecular flexibility index (Phi) is 4.19. The summed E-state index contributed by atoms with van der Waals surface area (Å²) >= 11 is 0. The lowest BCUT2D eigenvalue weighted by Gasteiger charge is -2.25. The van der Waals surface area contributed by atoms with Crippen molar-refractivity contribution >= 4 is 5.91 Å². The van der Waals surface area contributed by atoms with Crippen molar-refractivity contribution in [2.75, 3.05) is 7.05 Å². The van der Waals surface area contributed by atoms with Crippen LogP contribution in [0.5, 0.6) is 0 Å². The molecule has 116 valence electrons. The summed E-state index contributed by atoms with van der Waals surface area (Å²) in [6, 6.07) is 11.4. The molecule has 5 nitrogen and oxygen atoms in total. The summed E-state index contributed by atoms with van der Waals surface area (Å²) in [5.74, 6) is -0.0142. The molecule has 0 saturated heterocycles. The van der Waals surface area contributed by atoms with E-state index < -0.39 is 0 Å². The minimum absolute atomic E-state index is 0.0142. The van der Waals surface area contributed by atoms with Crippen molar-refractivity contribution in [1.82, 2.24) is 20.1 Å². The van der Waals surface area contributed by atoms with Gasteiger partial charge in [-0.05, 0) is 42.3 Å². The quantitative estimate of drug-likeness (QED) is 0.804. The number of rotatable bonds is 4. The zero-order chi connectivity index (χ0) is 16.2. The number of amides is 1. The third kappa shape index (κ3) is 3.13. The molecular weight excluding hydrogens is 288 g/mol. The number of aromatic nitrogens is 3. The molecule has 0 bridgehead atoms. The standard InChI is InChI=1S/C18H18N4O/c1-13(14-6-8-19-9-7-14)22(2)18(23)16-5-3-4-15(10-16)17-11-20-21-12-17/h3-13H,1-2H3,(H,20,21). The van der Waals surface area contributed by atoms with E-state index in [0.29, 0.717) is 5.56 Å². The lowest BCUT2D eigenvalue weighted by Crippen LogP contribution is -2.29. The fraction of sp³-hybridized carbons (Fsp3) is 0.167. The largest absolute Gasteiger partial charge is 0.335 e. The molecule has 1 unspecified atom stereocenters. The number of aromatic amines is 1. The highest BCUT2D eigenvalue weighted by Gasteiger charge is 2.19. The Balaban J connectivity index is 1.84. The van der Waals surface area contributed by atoms with E-state index in [9.17, 15) is 4.79 Å². The monoisotopic (exact) mass is 306 g/mol. The van der Waals surface area contributed by atoms with Gasteiger partial charge in [0, 0.05) is 36.8 Å². The first-order chi connectivity index (χ1) is 11.2. The summed E-state index contributed by atoms with van der Waals surface area (Å²) in [7, 11) is 1.82. The average molecular weight is 306 g/mol. The number of carbonyl (C=O) groups is 1. The first-order valence-corrected chi connectivity index (χ1v) is 7.43. The SMILES string of the molecule is CC(c1ccncc1)N(C)C(=O)c1cccc(-c2cn[nH]c2)c1. The molecule has 0 spiro atoms. The second-order valence-electron chi connectivity index (χ2n) is 5.44. The van der Waals surface area contributed by atoms with Crippen LogP contribution >= 0.6 is 0 Å². The Morgan fingerprint density at radius 3 is 2.65 bits per heavy atom. The van der Waals surface area contributed by atoms with Gasteiger partial charge in [-0.25, -0.2) is 0 Å². The van der Waals surface area contributed by atoms with Crippen LogP contribution < -0.4 is 0 Å². The number of nitrogens with zero attached hydrogens (tertiary/aromatic N) is 3. The molecule has 1 amide bonds. The summed E-state index contributed by atoms with van der Waals surface area (Å²) in [4.78, 5) is 18.5. The van der Waals surface area contributed by atoms with Gasteiger partial charge in [0.15, 0.2) is 0 Å². The molecular formula is C18H18N4O. The van der Waals surface area contributed by atoms with Crippen molar-refractivity contribution in [3.8, 4) is 11.1 Å². The molecule has 0 aliphatic rings. The number of hydrogen-bond acceptors (Lipinski definition) is 3. The lowest BCUT2D eigenvalue weighted by molar-refractivity contribution is 0.0742. The molecule has 0 radical (unpaired) electrons. The molecule has 1 atom stereocenters. The number of H-pyrrole nitrogens is 1. The topological polar surface area (TPSA) is 61.9 Å². The summed E-state index contributed by atoms with van der Waals surface area (Å²) in [5, 5.41) is 6.74. The van der Waals surface area contributed by atoms with E-state index >= 15 is 0 Å². The van der Waals surface area contributed by atoms with Gasteiger partial charge in [0.1, 0.15) is 0 Å². The molecule has 0 fully saturated rings. The summed E-state index contributed by atoms with van der Waals surface area (Å²) in [5.41, 5.74) is 3.65. The Bertz CT molecular complexity index is 784. The fourth-order valence-corrected chi connectivity index (χ4v) is 2.49. The van der Waals surface area contributed by atoms with Crippen LogP contribution in [-0.2, 0) is 0 Å². The highest BCUT2D eigenvalue weighted by atomic mass is 16.2. The maximum Gasteiger partial charge on any atom is 0.254 e. The lowest BCUT2D eigenvalue weighted by atomic mass is 10.0. The first-order valence-electron chi connectivity index (χ1n) is 7.43. The van der Waals surface area contributed by atoms with E-state index in [2.05, 4.69) is 15.2 Å². The summed E-state index contributed by atoms with van der Waals surface area (Å²) in [6.07, 6.45) is 7.03. The first kappa shape index (κ1) is 15.0. The second kappa shape index (κ2) is 6.44. The Labute approximate surface area is 135 Å². The molecule has 3 aromatic rings. The smallest absolute Gasteiger partial charge is 0.254 e. The normalized spacial score (nSPS) is 11.9. The van der Waals surface area contributed by atoms with Gasteiger partial charge in [0.05, 0.1) is 12.2 Å². The van der Waals surface area contributed by atoms with Gasteiger partial charge in [-0.2, -0.15) is 5.10 Å². The van der Waals surface area contributed by atoms with Gasteiger partial charge in [-0.15, -0.1) is 0 Å². The van der Waals surface area contributed by atoms with Crippen molar-refractivity contribution in [2.45, 2.75) is 13.0 Å². The zero-order valence-corrected chi connectivity index (χ0v) is 13.1. The molecule has 3 rings (SSSR count). The fourth-order valence-electron chi connectivity index (χ4n) is 2.49. The van der Waals surface area contributed by atoms with Crippen molar-refractivity contribution in [1.29, 1.82) is 0 Å². The average Bonchev–Trinajstić information content (AvgIpc) is 3.15. The van der Waals surface area contributed by atoms with Crippen LogP contribution in [0.15, 0.2) is 61.2 Å². The van der Waals surface area contributed by atoms with Crippen LogP contribution in [0.25, 0.3) is 11.1 Å². The van der Waals surface area contributed by atoms with Crippen LogP contribution in [0.3, 0.4) is 0 Å². The van der Waals surface area contributed by atoms with Gasteiger partial charge < -0.3 is 4.90 Å². The third-order valence-electron chi connectivity index (χ3n) is 4.03. The van der Waals surface area contributed by atoms with Crippen molar-refractivity contribution in [3.05, 3.63) is 72.3 Å². The summed E-state index contributed by atoms with van der Waals surface area (Å²) < 4.78 is 0. The third-order valence-corrected chi connectivity index (χ3v) is 4.03. The van der Waals surface area contributed by atoms with Gasteiger partial charge >= 0.3 is 0 Å². The molecule has 1 aromatic carbocycles. The second-order valence-corrected chi connectivity index (χ2v) is 5.44. The van der Waals surface area contributed by atoms with Crippen LogP contribution in [-0.4, -0.2) is 33.0 Å². The Hall–Kier alpha value is -2.95. The maximum absolute atomic E-state index is 12.8. The number of benzene rings is 1. The van der Waals surface area contributed by atoms with Gasteiger partial charge in [-0.1, -0.05) is 12.1 Å². The van der Waals surface area contributed by atoms with Crippen LogP contribution in [0.4, 0.5) is 0 Å². The van der Waals surface area contributed by atoms with Gasteiger partial charge in [0.25, 0.3) is 5.91 Å². The van der Waals surface area contributed by atoms with Crippen molar-refractivity contribution in [2.24, 2.45) is 0 Å². The minimum Gasteiger partial charge on any atom is -0.335 e. The number of nitrogens with one attached hydrogen (secondary N) is 1. The molecule has 0 saturated carbocycles. The van der Waals surface area contributed by atoms with Crippen molar-refractivity contribution < 1.29 is 4.79 Å². The van der Waals surface area contributed by atoms with E-state index in [4.69, 9.17) is 0 Å². The van der Waals surface area contributed by atoms with E-state index in [-0.39, 0.29) is 11.9 Å². The van der Waals surface area contributed by atoms with E-state index in [0.717, 1.165) is 16.7 Å². The molecule has 0 aliphatic carbocycles. The molecule has 2 aromatic heterocycles. The molecule has 5 heteroatoms. The highest BCUT2D eigenvalue weighted by molar-refractivity contribution is 5.95.